The van der Waals surface area contributed by atoms with Crippen LogP contribution in [0.25, 0.3) is 0 Å². The molecule has 0 unspecified atom stereocenters. The number of hydrogen-bond donors (Lipinski definition) is 0. The van der Waals surface area contributed by atoms with E-state index in [4.69, 9.17) is 44.3 Å². The second kappa shape index (κ2) is 10.0. The molecule has 0 aliphatic heterocycles. The maximum atomic E-state index is 6.49. The molecule has 0 saturated carbocycles. The minimum absolute atomic E-state index is 0.286. The quantitative estimate of drug-likeness (QED) is 0.347. The first kappa shape index (κ1) is 21.5. The van der Waals surface area contributed by atoms with Crippen LogP contribution in [0.2, 0.25) is 15.1 Å². The van der Waals surface area contributed by atoms with Crippen LogP contribution in [0.3, 0.4) is 0 Å². The minimum Gasteiger partial charge on any atom is -0.490 e. The van der Waals surface area contributed by atoms with Gasteiger partial charge in [-0.05, 0) is 55.3 Å². The Bertz CT molecular complexity index is 1030. The smallest absolute Gasteiger partial charge is 0.180 e. The summed E-state index contributed by atoms with van der Waals surface area (Å²) in [6.07, 6.45) is 1.73. The Morgan fingerprint density at radius 2 is 1.66 bits per heavy atom. The van der Waals surface area contributed by atoms with Gasteiger partial charge in [0.2, 0.25) is 0 Å². The van der Waals surface area contributed by atoms with Gasteiger partial charge in [0.15, 0.2) is 11.5 Å². The van der Waals surface area contributed by atoms with E-state index in [1.54, 1.807) is 12.3 Å². The molecule has 6 heteroatoms. The zero-order chi connectivity index (χ0) is 20.8. The van der Waals surface area contributed by atoms with Crippen molar-refractivity contribution in [2.24, 2.45) is 4.99 Å². The molecule has 150 valence electrons. The fourth-order valence-electron chi connectivity index (χ4n) is 2.71. The summed E-state index contributed by atoms with van der Waals surface area (Å²) in [6.45, 7) is 4.60. The van der Waals surface area contributed by atoms with Crippen molar-refractivity contribution in [3.05, 3.63) is 86.4 Å². The first-order valence-electron chi connectivity index (χ1n) is 9.11. The monoisotopic (exact) mass is 447 g/mol. The van der Waals surface area contributed by atoms with Crippen molar-refractivity contribution in [2.75, 3.05) is 6.61 Å². The van der Waals surface area contributed by atoms with Crippen LogP contribution in [0.1, 0.15) is 23.6 Å². The lowest BCUT2D eigenvalue weighted by Gasteiger charge is -2.15. The number of benzene rings is 3. The van der Waals surface area contributed by atoms with Gasteiger partial charge in [0.1, 0.15) is 6.61 Å². The van der Waals surface area contributed by atoms with E-state index >= 15 is 0 Å². The van der Waals surface area contributed by atoms with Crippen molar-refractivity contribution in [3.8, 4) is 11.5 Å². The molecule has 0 saturated heterocycles. The highest BCUT2D eigenvalue weighted by molar-refractivity contribution is 6.33. The zero-order valence-corrected chi connectivity index (χ0v) is 18.4. The molecule has 3 aromatic carbocycles. The van der Waals surface area contributed by atoms with Gasteiger partial charge in [-0.25, -0.2) is 0 Å². The van der Waals surface area contributed by atoms with Crippen molar-refractivity contribution in [1.82, 2.24) is 0 Å². The summed E-state index contributed by atoms with van der Waals surface area (Å²) in [7, 11) is 0. The molecule has 0 aliphatic carbocycles. The number of halogens is 3. The summed E-state index contributed by atoms with van der Waals surface area (Å²) >= 11 is 18.9. The molecule has 3 rings (SSSR count). The van der Waals surface area contributed by atoms with Gasteiger partial charge < -0.3 is 9.47 Å². The zero-order valence-electron chi connectivity index (χ0n) is 16.1. The van der Waals surface area contributed by atoms with Crippen molar-refractivity contribution in [2.45, 2.75) is 20.5 Å². The molecule has 0 fully saturated rings. The molecule has 0 bridgehead atoms. The third-order valence-electron chi connectivity index (χ3n) is 4.25. The van der Waals surface area contributed by atoms with Crippen LogP contribution in [-0.2, 0) is 6.61 Å². The average molecular weight is 449 g/mol. The summed E-state index contributed by atoms with van der Waals surface area (Å²) in [6, 6.07) is 16.8. The van der Waals surface area contributed by atoms with Crippen LogP contribution in [-0.4, -0.2) is 12.8 Å². The number of ether oxygens (including phenoxy) is 2. The van der Waals surface area contributed by atoms with Crippen molar-refractivity contribution < 1.29 is 9.47 Å². The lowest BCUT2D eigenvalue weighted by molar-refractivity contribution is 0.269. The summed E-state index contributed by atoms with van der Waals surface area (Å²) in [5.41, 5.74) is 3.38. The van der Waals surface area contributed by atoms with Crippen molar-refractivity contribution in [1.29, 1.82) is 0 Å². The van der Waals surface area contributed by atoms with Gasteiger partial charge in [0.25, 0.3) is 0 Å². The topological polar surface area (TPSA) is 30.8 Å². The Morgan fingerprint density at radius 3 is 2.41 bits per heavy atom. The van der Waals surface area contributed by atoms with Crippen LogP contribution in [0.4, 0.5) is 5.69 Å². The van der Waals surface area contributed by atoms with E-state index in [0.717, 1.165) is 22.4 Å². The van der Waals surface area contributed by atoms with E-state index < -0.39 is 0 Å². The van der Waals surface area contributed by atoms with Crippen LogP contribution in [0.15, 0.2) is 59.6 Å². The average Bonchev–Trinajstić information content (AvgIpc) is 2.70. The largest absolute Gasteiger partial charge is 0.490 e. The first-order chi connectivity index (χ1) is 14.0. The number of hydrogen-bond acceptors (Lipinski definition) is 3. The van der Waals surface area contributed by atoms with Crippen LogP contribution < -0.4 is 9.47 Å². The molecule has 0 spiro atoms. The van der Waals surface area contributed by atoms with Crippen LogP contribution >= 0.6 is 34.8 Å². The number of nitrogens with zero attached hydrogens (tertiary/aromatic N) is 1. The number of rotatable bonds is 7. The van der Waals surface area contributed by atoms with E-state index in [0.29, 0.717) is 33.2 Å². The molecule has 3 nitrogen and oxygen atoms in total. The Hall–Kier alpha value is -2.20. The molecular formula is C23H20Cl3NO2. The summed E-state index contributed by atoms with van der Waals surface area (Å²) < 4.78 is 11.7. The Balaban J connectivity index is 1.87. The predicted octanol–water partition coefficient (Wildman–Crippen LogP) is 7.68. The summed E-state index contributed by atoms with van der Waals surface area (Å²) in [5.74, 6) is 1.03. The fraction of sp³-hybridized carbons (Fsp3) is 0.174. The Kier molecular flexibility index (Phi) is 7.43. The highest BCUT2D eigenvalue weighted by Gasteiger charge is 2.13. The van der Waals surface area contributed by atoms with E-state index in [1.807, 2.05) is 62.4 Å². The second-order valence-electron chi connectivity index (χ2n) is 6.29. The molecule has 0 aromatic heterocycles. The third-order valence-corrected chi connectivity index (χ3v) is 5.31. The van der Waals surface area contributed by atoms with E-state index in [9.17, 15) is 0 Å². The van der Waals surface area contributed by atoms with E-state index in [2.05, 4.69) is 4.99 Å². The molecule has 0 radical (unpaired) electrons. The maximum Gasteiger partial charge on any atom is 0.180 e. The van der Waals surface area contributed by atoms with E-state index in [-0.39, 0.29) is 6.61 Å². The summed E-state index contributed by atoms with van der Waals surface area (Å²) in [4.78, 5) is 4.53. The summed E-state index contributed by atoms with van der Waals surface area (Å²) in [5, 5.41) is 1.76. The Labute approximate surface area is 185 Å². The van der Waals surface area contributed by atoms with Crippen molar-refractivity contribution in [3.63, 3.8) is 0 Å². The molecule has 29 heavy (non-hydrogen) atoms. The van der Waals surface area contributed by atoms with Gasteiger partial charge in [0, 0.05) is 21.8 Å². The van der Waals surface area contributed by atoms with Crippen LogP contribution in [0, 0.1) is 6.92 Å². The standard InChI is InChI=1S/C23H20Cl3NO2/c1-3-28-22-12-16(13-27-21-10-6-9-18(24)15(21)2)11-20(26)23(22)29-14-17-7-4-5-8-19(17)25/h4-13H,3,14H2,1-2H3. The Morgan fingerprint density at radius 1 is 0.897 bits per heavy atom. The van der Waals surface area contributed by atoms with Crippen LogP contribution in [0.5, 0.6) is 11.5 Å². The minimum atomic E-state index is 0.286. The van der Waals surface area contributed by atoms with Crippen molar-refractivity contribution >= 4 is 46.7 Å². The molecular weight excluding hydrogens is 429 g/mol. The molecule has 0 heterocycles. The van der Waals surface area contributed by atoms with Gasteiger partial charge in [-0.1, -0.05) is 59.1 Å². The fourth-order valence-corrected chi connectivity index (χ4v) is 3.34. The van der Waals surface area contributed by atoms with Gasteiger partial charge in [-0.3, -0.25) is 4.99 Å². The molecule has 0 aliphatic rings. The highest BCUT2D eigenvalue weighted by atomic mass is 35.5. The SMILES string of the molecule is CCOc1cc(C=Nc2cccc(Cl)c2C)cc(Cl)c1OCc1ccccc1Cl. The molecule has 0 N–H and O–H groups in total. The third kappa shape index (κ3) is 5.45. The lowest BCUT2D eigenvalue weighted by atomic mass is 10.2. The highest BCUT2D eigenvalue weighted by Crippen LogP contribution is 2.37. The molecule has 0 amide bonds. The lowest BCUT2D eigenvalue weighted by Crippen LogP contribution is -2.02. The van der Waals surface area contributed by atoms with E-state index in [1.165, 1.54) is 0 Å². The number of aliphatic imine (C=N–C) groups is 1. The van der Waals surface area contributed by atoms with Gasteiger partial charge >= 0.3 is 0 Å². The molecule has 0 atom stereocenters. The maximum absolute atomic E-state index is 6.49. The van der Waals surface area contributed by atoms with Gasteiger partial charge in [0.05, 0.1) is 17.3 Å². The molecule has 3 aromatic rings. The first-order valence-corrected chi connectivity index (χ1v) is 10.2. The van der Waals surface area contributed by atoms with Gasteiger partial charge in [-0.2, -0.15) is 0 Å². The second-order valence-corrected chi connectivity index (χ2v) is 7.51. The predicted molar refractivity (Wildman–Crippen MR) is 122 cm³/mol. The van der Waals surface area contributed by atoms with Gasteiger partial charge in [-0.15, -0.1) is 0 Å². The normalized spacial score (nSPS) is 11.1.